The normalized spacial score (nSPS) is 17.8. The molecule has 1 N–H and O–H groups in total. The summed E-state index contributed by atoms with van der Waals surface area (Å²) in [7, 11) is 1.36. The fourth-order valence-electron chi connectivity index (χ4n) is 4.75. The molecule has 0 aromatic heterocycles. The van der Waals surface area contributed by atoms with Gasteiger partial charge in [-0.25, -0.2) is 13.1 Å². The van der Waals surface area contributed by atoms with Crippen LogP contribution in [0.1, 0.15) is 36.4 Å². The first kappa shape index (κ1) is 22.9. The van der Waals surface area contributed by atoms with Crippen LogP contribution >= 0.6 is 0 Å². The van der Waals surface area contributed by atoms with Crippen molar-refractivity contribution in [1.29, 1.82) is 0 Å². The number of likely N-dealkylation sites (N-methyl/N-ethyl adjacent to an activating group) is 1. The molecule has 0 saturated carbocycles. The molecule has 0 aliphatic carbocycles. The third kappa shape index (κ3) is 4.72. The highest BCUT2D eigenvalue weighted by atomic mass is 32.2. The molecule has 32 heavy (non-hydrogen) atoms. The monoisotopic (exact) mass is 459 g/mol. The molecule has 2 aromatic carbocycles. The molecule has 0 spiro atoms. The molecular weight excluding hydrogens is 426 g/mol. The molecule has 0 amide bonds. The highest BCUT2D eigenvalue weighted by molar-refractivity contribution is 7.89. The number of sulfonamides is 1. The van der Waals surface area contributed by atoms with Gasteiger partial charge in [0.1, 0.15) is 16.4 Å². The third-order valence-corrected chi connectivity index (χ3v) is 8.04. The van der Waals surface area contributed by atoms with E-state index in [-0.39, 0.29) is 16.7 Å². The molecule has 2 aromatic rings. The number of rotatable bonds is 8. The summed E-state index contributed by atoms with van der Waals surface area (Å²) >= 11 is 0. The van der Waals surface area contributed by atoms with Crippen molar-refractivity contribution in [3.63, 3.8) is 0 Å². The number of likely N-dealkylation sites (tertiary alicyclic amines) is 1. The minimum atomic E-state index is -3.76. The molecule has 2 aliphatic heterocycles. The fraction of sp³-hybridized carbons (Fsp3) is 0.500. The van der Waals surface area contributed by atoms with Crippen LogP contribution in [0.2, 0.25) is 0 Å². The van der Waals surface area contributed by atoms with E-state index in [0.717, 1.165) is 38.9 Å². The lowest BCUT2D eigenvalue weighted by atomic mass is 9.99. The van der Waals surface area contributed by atoms with Crippen LogP contribution in [0.3, 0.4) is 0 Å². The largest absolute Gasteiger partial charge is 0.497 e. The lowest BCUT2D eigenvalue weighted by Gasteiger charge is -2.35. The fourth-order valence-corrected chi connectivity index (χ4v) is 5.93. The van der Waals surface area contributed by atoms with Gasteiger partial charge in [-0.3, -0.25) is 4.90 Å². The van der Waals surface area contributed by atoms with E-state index in [1.54, 1.807) is 19.2 Å². The van der Waals surface area contributed by atoms with Crippen molar-refractivity contribution in [2.24, 2.45) is 0 Å². The molecule has 7 nitrogen and oxygen atoms in total. The van der Waals surface area contributed by atoms with Crippen molar-refractivity contribution in [3.8, 4) is 11.5 Å². The number of nitrogens with zero attached hydrogens (tertiary/aromatic N) is 2. The highest BCUT2D eigenvalue weighted by Crippen LogP contribution is 2.33. The van der Waals surface area contributed by atoms with Gasteiger partial charge in [-0.1, -0.05) is 18.6 Å². The number of anilines is 1. The number of fused-ring (bicyclic) bond motifs is 1. The zero-order valence-corrected chi connectivity index (χ0v) is 20.0. The van der Waals surface area contributed by atoms with Crippen LogP contribution in [-0.2, 0) is 16.4 Å². The van der Waals surface area contributed by atoms with Crippen LogP contribution in [0.25, 0.3) is 0 Å². The molecule has 1 saturated heterocycles. The van der Waals surface area contributed by atoms with Crippen molar-refractivity contribution >= 4 is 15.7 Å². The van der Waals surface area contributed by atoms with E-state index in [9.17, 15) is 8.42 Å². The second-order valence-corrected chi connectivity index (χ2v) is 10.3. The maximum absolute atomic E-state index is 13.2. The van der Waals surface area contributed by atoms with Gasteiger partial charge in [0.2, 0.25) is 10.0 Å². The van der Waals surface area contributed by atoms with E-state index in [1.165, 1.54) is 36.4 Å². The Morgan fingerprint density at radius 1 is 1.00 bits per heavy atom. The topological polar surface area (TPSA) is 71.1 Å². The Hall–Kier alpha value is -2.29. The van der Waals surface area contributed by atoms with Crippen molar-refractivity contribution in [2.45, 2.75) is 36.6 Å². The molecule has 8 heteroatoms. The summed E-state index contributed by atoms with van der Waals surface area (Å²) < 4.78 is 39.8. The van der Waals surface area contributed by atoms with Gasteiger partial charge in [-0.2, -0.15) is 0 Å². The lowest BCUT2D eigenvalue weighted by molar-refractivity contribution is 0.164. The number of ether oxygens (including phenoxy) is 2. The number of benzene rings is 2. The molecule has 174 valence electrons. The van der Waals surface area contributed by atoms with Crippen molar-refractivity contribution in [1.82, 2.24) is 9.62 Å². The van der Waals surface area contributed by atoms with Crippen LogP contribution < -0.4 is 19.1 Å². The average molecular weight is 460 g/mol. The van der Waals surface area contributed by atoms with Crippen LogP contribution in [0.5, 0.6) is 11.5 Å². The highest BCUT2D eigenvalue weighted by Gasteiger charge is 2.28. The zero-order chi connectivity index (χ0) is 22.7. The molecule has 2 heterocycles. The first-order valence-corrected chi connectivity index (χ1v) is 12.7. The number of hydrogen-bond acceptors (Lipinski definition) is 6. The molecule has 0 unspecified atom stereocenters. The van der Waals surface area contributed by atoms with Gasteiger partial charge in [-0.15, -0.1) is 0 Å². The van der Waals surface area contributed by atoms with Crippen LogP contribution in [0, 0.1) is 0 Å². The second kappa shape index (κ2) is 9.68. The standard InChI is InChI=1S/C24H33N3O4S/c1-26-14-11-19-15-18(7-9-21(19)26)22(27-12-5-4-6-13-27)17-25-32(28,29)24-10-8-20(30-2)16-23(24)31-3/h7-10,15-16,22,25H,4-6,11-14,17H2,1-3H3/t22-/m1/s1. The minimum Gasteiger partial charge on any atom is -0.497 e. The van der Waals surface area contributed by atoms with Gasteiger partial charge in [0.05, 0.1) is 14.2 Å². The van der Waals surface area contributed by atoms with Gasteiger partial charge in [-0.05, 0) is 61.7 Å². The van der Waals surface area contributed by atoms with Gasteiger partial charge in [0.25, 0.3) is 0 Å². The Morgan fingerprint density at radius 3 is 2.50 bits per heavy atom. The molecule has 4 rings (SSSR count). The van der Waals surface area contributed by atoms with E-state index in [2.05, 4.69) is 39.8 Å². The maximum Gasteiger partial charge on any atom is 0.244 e. The molecule has 1 fully saturated rings. The first-order valence-electron chi connectivity index (χ1n) is 11.2. The maximum atomic E-state index is 13.2. The quantitative estimate of drug-likeness (QED) is 0.654. The van der Waals surface area contributed by atoms with Gasteiger partial charge >= 0.3 is 0 Å². The van der Waals surface area contributed by atoms with Crippen LogP contribution in [0.4, 0.5) is 5.69 Å². The Morgan fingerprint density at radius 2 is 1.78 bits per heavy atom. The Balaban J connectivity index is 1.59. The second-order valence-electron chi connectivity index (χ2n) is 8.54. The van der Waals surface area contributed by atoms with Gasteiger partial charge in [0, 0.05) is 37.9 Å². The third-order valence-electron chi connectivity index (χ3n) is 6.57. The molecular formula is C24H33N3O4S. The first-order chi connectivity index (χ1) is 15.4. The average Bonchev–Trinajstić information content (AvgIpc) is 3.19. The summed E-state index contributed by atoms with van der Waals surface area (Å²) in [5.41, 5.74) is 3.78. The lowest BCUT2D eigenvalue weighted by Crippen LogP contribution is -2.40. The smallest absolute Gasteiger partial charge is 0.244 e. The van der Waals surface area contributed by atoms with Gasteiger partial charge in [0.15, 0.2) is 0 Å². The van der Waals surface area contributed by atoms with E-state index in [0.29, 0.717) is 12.3 Å². The van der Waals surface area contributed by atoms with E-state index in [4.69, 9.17) is 9.47 Å². The number of methoxy groups -OCH3 is 2. The Labute approximate surface area is 191 Å². The Kier molecular flexibility index (Phi) is 6.93. The summed E-state index contributed by atoms with van der Waals surface area (Å²) in [5, 5.41) is 0. The number of piperidine rings is 1. The predicted octanol–water partition coefficient (Wildman–Crippen LogP) is 3.20. The van der Waals surface area contributed by atoms with Crippen LogP contribution in [-0.4, -0.2) is 60.8 Å². The molecule has 0 radical (unpaired) electrons. The molecule has 1 atom stereocenters. The number of hydrogen-bond donors (Lipinski definition) is 1. The van der Waals surface area contributed by atoms with Crippen molar-refractivity contribution in [3.05, 3.63) is 47.5 Å². The summed E-state index contributed by atoms with van der Waals surface area (Å²) in [4.78, 5) is 4.81. The Bertz CT molecular complexity index is 1050. The SMILES string of the molecule is COc1ccc(S(=O)(=O)NC[C@H](c2ccc3c(c2)CCN3C)N2CCCCC2)c(OC)c1. The van der Waals surface area contributed by atoms with E-state index >= 15 is 0 Å². The van der Waals surface area contributed by atoms with Crippen molar-refractivity contribution < 1.29 is 17.9 Å². The van der Waals surface area contributed by atoms with Crippen LogP contribution in [0.15, 0.2) is 41.3 Å². The zero-order valence-electron chi connectivity index (χ0n) is 19.1. The van der Waals surface area contributed by atoms with E-state index < -0.39 is 10.0 Å². The van der Waals surface area contributed by atoms with Crippen molar-refractivity contribution in [2.75, 3.05) is 52.3 Å². The summed E-state index contributed by atoms with van der Waals surface area (Å²) in [6.45, 7) is 3.30. The van der Waals surface area contributed by atoms with Gasteiger partial charge < -0.3 is 14.4 Å². The summed E-state index contributed by atoms with van der Waals surface area (Å²) in [5.74, 6) is 0.821. The minimum absolute atomic E-state index is 0.00877. The number of nitrogens with one attached hydrogen (secondary N) is 1. The van der Waals surface area contributed by atoms with E-state index in [1.807, 2.05) is 0 Å². The molecule has 2 aliphatic rings. The molecule has 0 bridgehead atoms. The predicted molar refractivity (Wildman–Crippen MR) is 126 cm³/mol. The summed E-state index contributed by atoms with van der Waals surface area (Å²) in [6.07, 6.45) is 4.54. The summed E-state index contributed by atoms with van der Waals surface area (Å²) in [6, 6.07) is 11.3.